The van der Waals surface area contributed by atoms with Gasteiger partial charge < -0.3 is 15.0 Å². The molecule has 0 spiro atoms. The average molecular weight is 815 g/mol. The van der Waals surface area contributed by atoms with Crippen LogP contribution in [0.3, 0.4) is 0 Å². The van der Waals surface area contributed by atoms with Gasteiger partial charge >= 0.3 is 53.7 Å². The molecule has 0 unspecified atom stereocenters. The van der Waals surface area contributed by atoms with Crippen molar-refractivity contribution < 1.29 is 89.0 Å². The zero-order valence-electron chi connectivity index (χ0n) is 24.6. The molecule has 0 atom stereocenters. The summed E-state index contributed by atoms with van der Waals surface area (Å²) in [5.41, 5.74) is -1.91. The lowest BCUT2D eigenvalue weighted by Crippen LogP contribution is -2.74. The van der Waals surface area contributed by atoms with E-state index in [1.165, 1.54) is 0 Å². The number of rotatable bonds is 12. The first-order chi connectivity index (χ1) is 21.7. The highest BCUT2D eigenvalue weighted by atomic mass is 79.9. The highest BCUT2D eigenvalue weighted by Crippen LogP contribution is 2.64. The Hall–Kier alpha value is -2.75. The van der Waals surface area contributed by atoms with Crippen LogP contribution < -0.4 is 5.32 Å². The fourth-order valence-electron chi connectivity index (χ4n) is 4.27. The number of likely N-dealkylation sites (tertiary alicyclic amines) is 1. The molecule has 0 radical (unpaired) electrons. The molecule has 1 aliphatic rings. The number of anilines is 1. The smallest absolute Gasteiger partial charge is 0.443 e. The molecule has 5 nitrogen and oxygen atoms in total. The van der Waals surface area contributed by atoms with Gasteiger partial charge in [-0.15, -0.1) is 0 Å². The molecule has 1 N–H and O–H groups in total. The number of nitrogens with one attached hydrogen (secondary N) is 1. The van der Waals surface area contributed by atoms with Crippen molar-refractivity contribution in [1.82, 2.24) is 4.90 Å². The van der Waals surface area contributed by atoms with Gasteiger partial charge in [0.1, 0.15) is 5.60 Å². The number of halogens is 18. The third kappa shape index (κ3) is 7.79. The van der Waals surface area contributed by atoms with Crippen LogP contribution in [-0.4, -0.2) is 83.2 Å². The van der Waals surface area contributed by atoms with E-state index in [0.717, 1.165) is 23.2 Å². The molecule has 1 aromatic rings. The minimum absolute atomic E-state index is 0.0318. The number of amides is 2. The molecule has 1 saturated heterocycles. The first-order valence-electron chi connectivity index (χ1n) is 13.5. The van der Waals surface area contributed by atoms with Crippen LogP contribution >= 0.6 is 15.9 Å². The number of alkyl halides is 17. The first kappa shape index (κ1) is 42.4. The van der Waals surface area contributed by atoms with Crippen molar-refractivity contribution >= 4 is 33.6 Å². The number of nitrogens with zero attached hydrogens (tertiary/aromatic N) is 1. The van der Waals surface area contributed by atoms with Gasteiger partial charge in [0.15, 0.2) is 0 Å². The molecule has 1 heterocycles. The van der Waals surface area contributed by atoms with Crippen molar-refractivity contribution in [2.45, 2.75) is 92.8 Å². The van der Waals surface area contributed by atoms with E-state index in [9.17, 15) is 84.2 Å². The molecular weight excluding hydrogens is 791 g/mol. The van der Waals surface area contributed by atoms with Crippen LogP contribution in [0.15, 0.2) is 28.7 Å². The van der Waals surface area contributed by atoms with E-state index in [4.69, 9.17) is 4.74 Å². The molecule has 23 heteroatoms. The lowest BCUT2D eigenvalue weighted by Gasteiger charge is -2.43. The fourth-order valence-corrected chi connectivity index (χ4v) is 4.53. The van der Waals surface area contributed by atoms with Gasteiger partial charge in [0.25, 0.3) is 0 Å². The van der Waals surface area contributed by atoms with E-state index < -0.39 is 84.0 Å². The van der Waals surface area contributed by atoms with Crippen LogP contribution in [0.4, 0.5) is 85.1 Å². The second-order valence-corrected chi connectivity index (χ2v) is 12.4. The topological polar surface area (TPSA) is 58.6 Å². The predicted molar refractivity (Wildman–Crippen MR) is 138 cm³/mol. The molecule has 0 aromatic heterocycles. The summed E-state index contributed by atoms with van der Waals surface area (Å²) < 4.78 is 235. The van der Waals surface area contributed by atoms with Crippen LogP contribution in [0.1, 0.15) is 39.5 Å². The maximum absolute atomic E-state index is 14.3. The molecular formula is C26H24BrF17N2O3. The third-order valence-electron chi connectivity index (χ3n) is 7.43. The molecule has 1 aromatic carbocycles. The minimum Gasteiger partial charge on any atom is -0.443 e. The van der Waals surface area contributed by atoms with E-state index in [1.54, 1.807) is 24.3 Å². The number of carbonyl (C=O) groups excluding carboxylic acids is 2. The van der Waals surface area contributed by atoms with E-state index in [2.05, 4.69) is 21.2 Å². The number of hydrogen-bond acceptors (Lipinski definition) is 3. The Morgan fingerprint density at radius 2 is 1.10 bits per heavy atom. The minimum atomic E-state index is -8.70. The second kappa shape index (κ2) is 13.4. The zero-order valence-corrected chi connectivity index (χ0v) is 26.2. The standard InChI is InChI=1S/C26H24BrF17N2O3/c1-18(2,49-17(48)46-11-7-13(8-12-46)16(47)45-15-5-3-14(27)4-6-15)9-10-19(28,29)20(30,31)21(32,33)22(34,35)23(36,37)24(38,39)25(40,41)26(42,43)44/h3-6,13H,7-12H2,1-2H3,(H,45,47). The summed E-state index contributed by atoms with van der Waals surface area (Å²) in [5, 5.41) is 2.63. The van der Waals surface area contributed by atoms with E-state index in [1.807, 2.05) is 0 Å². The molecule has 2 amide bonds. The van der Waals surface area contributed by atoms with Crippen molar-refractivity contribution in [3.8, 4) is 0 Å². The molecule has 2 rings (SSSR count). The van der Waals surface area contributed by atoms with Crippen LogP contribution in [0.5, 0.6) is 0 Å². The van der Waals surface area contributed by atoms with E-state index in [0.29, 0.717) is 5.69 Å². The van der Waals surface area contributed by atoms with Gasteiger partial charge in [-0.1, -0.05) is 15.9 Å². The van der Waals surface area contributed by atoms with Crippen LogP contribution in [0, 0.1) is 5.92 Å². The van der Waals surface area contributed by atoms with Gasteiger partial charge in [-0.2, -0.15) is 74.6 Å². The normalized spacial score (nSPS) is 16.9. The van der Waals surface area contributed by atoms with Gasteiger partial charge in [-0.25, -0.2) is 4.79 Å². The molecule has 1 fully saturated rings. The SMILES string of the molecule is CC(C)(CCC(F)(F)C(F)(F)C(F)(F)C(F)(F)C(F)(F)C(F)(F)C(F)(F)C(F)(F)F)OC(=O)N1CCC(C(=O)Nc2ccc(Br)cc2)CC1. The Morgan fingerprint density at radius 1 is 0.694 bits per heavy atom. The Kier molecular flexibility index (Phi) is 11.6. The summed E-state index contributed by atoms with van der Waals surface area (Å²) in [7, 11) is 0. The highest BCUT2D eigenvalue weighted by molar-refractivity contribution is 9.10. The van der Waals surface area contributed by atoms with E-state index in [-0.39, 0.29) is 25.9 Å². The summed E-state index contributed by atoms with van der Waals surface area (Å²) in [5.74, 6) is -58.0. The number of hydrogen-bond donors (Lipinski definition) is 1. The average Bonchev–Trinajstić information content (AvgIpc) is 2.96. The largest absolute Gasteiger partial charge is 0.460 e. The molecule has 282 valence electrons. The van der Waals surface area contributed by atoms with Crippen LogP contribution in [0.2, 0.25) is 0 Å². The summed E-state index contributed by atoms with van der Waals surface area (Å²) in [6.45, 7) is 1.07. The quantitative estimate of drug-likeness (QED) is 0.214. The monoisotopic (exact) mass is 814 g/mol. The summed E-state index contributed by atoms with van der Waals surface area (Å²) in [6, 6.07) is 6.44. The first-order valence-corrected chi connectivity index (χ1v) is 14.3. The Bertz CT molecular complexity index is 1340. The zero-order chi connectivity index (χ0) is 38.4. The Balaban J connectivity index is 2.12. The Morgan fingerprint density at radius 3 is 1.53 bits per heavy atom. The molecule has 0 bridgehead atoms. The van der Waals surface area contributed by atoms with Crippen LogP contribution in [-0.2, 0) is 9.53 Å². The number of piperidine rings is 1. The van der Waals surface area contributed by atoms with Crippen molar-refractivity contribution in [1.29, 1.82) is 0 Å². The molecule has 0 saturated carbocycles. The highest BCUT2D eigenvalue weighted by Gasteiger charge is 2.95. The second-order valence-electron chi connectivity index (χ2n) is 11.5. The van der Waals surface area contributed by atoms with Crippen molar-refractivity contribution in [2.75, 3.05) is 18.4 Å². The number of ether oxygens (including phenoxy) is 1. The third-order valence-corrected chi connectivity index (χ3v) is 7.96. The number of carbonyl (C=O) groups is 2. The maximum Gasteiger partial charge on any atom is 0.460 e. The molecule has 1 aliphatic heterocycles. The Labute approximate surface area is 273 Å². The summed E-state index contributed by atoms with van der Waals surface area (Å²) >= 11 is 3.21. The van der Waals surface area contributed by atoms with Crippen molar-refractivity contribution in [3.63, 3.8) is 0 Å². The van der Waals surface area contributed by atoms with Crippen molar-refractivity contribution in [3.05, 3.63) is 28.7 Å². The van der Waals surface area contributed by atoms with Crippen LogP contribution in [0.25, 0.3) is 0 Å². The lowest BCUT2D eigenvalue weighted by atomic mass is 9.87. The fraction of sp³-hybridized carbons (Fsp3) is 0.692. The molecule has 0 aliphatic carbocycles. The van der Waals surface area contributed by atoms with Gasteiger partial charge in [-0.3, -0.25) is 4.79 Å². The van der Waals surface area contributed by atoms with Gasteiger partial charge in [0, 0.05) is 35.6 Å². The molecule has 49 heavy (non-hydrogen) atoms. The van der Waals surface area contributed by atoms with Gasteiger partial charge in [0.05, 0.1) is 0 Å². The lowest BCUT2D eigenvalue weighted by molar-refractivity contribution is -0.462. The van der Waals surface area contributed by atoms with E-state index >= 15 is 0 Å². The summed E-state index contributed by atoms with van der Waals surface area (Å²) in [6.07, 6.45) is -13.5. The van der Waals surface area contributed by atoms with Crippen molar-refractivity contribution in [2.24, 2.45) is 5.92 Å². The predicted octanol–water partition coefficient (Wildman–Crippen LogP) is 9.80. The van der Waals surface area contributed by atoms with Gasteiger partial charge in [-0.05, 0) is 57.4 Å². The summed E-state index contributed by atoms with van der Waals surface area (Å²) in [4.78, 5) is 25.9. The number of benzene rings is 1. The van der Waals surface area contributed by atoms with Gasteiger partial charge in [0.2, 0.25) is 5.91 Å². The maximum atomic E-state index is 14.3.